The molecule has 3 aromatic heterocycles. The Hall–Kier alpha value is -4.84. The van der Waals surface area contributed by atoms with Gasteiger partial charge in [0.15, 0.2) is 0 Å². The fraction of sp³-hybridized carbons (Fsp3) is 0.487. The van der Waals surface area contributed by atoms with Crippen LogP contribution in [0.15, 0.2) is 122 Å². The number of aromatic carboxylic acids is 1. The predicted octanol–water partition coefficient (Wildman–Crippen LogP) is 23.9. The van der Waals surface area contributed by atoms with Crippen LogP contribution in [0.25, 0.3) is 0 Å². The van der Waals surface area contributed by atoms with Gasteiger partial charge in [-0.15, -0.1) is 34.8 Å². The molecule has 0 unspecified atom stereocenters. The van der Waals surface area contributed by atoms with E-state index in [9.17, 15) is 14.4 Å². The molecule has 3 aliphatic rings. The van der Waals surface area contributed by atoms with Gasteiger partial charge >= 0.3 is 17.9 Å². The van der Waals surface area contributed by atoms with E-state index < -0.39 is 17.9 Å². The molecule has 0 bridgehead atoms. The van der Waals surface area contributed by atoms with Gasteiger partial charge in [-0.05, 0) is 229 Å². The molecule has 92 heavy (non-hydrogen) atoms. The van der Waals surface area contributed by atoms with E-state index in [0.717, 1.165) is 64.7 Å². The van der Waals surface area contributed by atoms with Crippen LogP contribution < -0.4 is 0 Å². The van der Waals surface area contributed by atoms with Gasteiger partial charge in [-0.2, -0.15) is 0 Å². The maximum absolute atomic E-state index is 11.6. The van der Waals surface area contributed by atoms with Crippen LogP contribution in [-0.2, 0) is 60.7 Å². The Bertz CT molecular complexity index is 3590. The summed E-state index contributed by atoms with van der Waals surface area (Å²) in [5.74, 6) is 0.491. The first-order chi connectivity index (χ1) is 42.4. The summed E-state index contributed by atoms with van der Waals surface area (Å²) >= 11 is 42.2. The van der Waals surface area contributed by atoms with Crippen molar-refractivity contribution in [2.75, 3.05) is 14.2 Å². The van der Waals surface area contributed by atoms with Crippen molar-refractivity contribution in [1.82, 2.24) is 0 Å². The van der Waals surface area contributed by atoms with Crippen LogP contribution in [0, 0.1) is 0 Å². The molecule has 10 rings (SSSR count). The van der Waals surface area contributed by atoms with E-state index in [4.69, 9.17) is 99.6 Å². The normalized spacial score (nSPS) is 16.5. The number of carboxylic acids is 1. The van der Waals surface area contributed by atoms with Gasteiger partial charge in [0.25, 0.3) is 0 Å². The molecule has 0 saturated carbocycles. The highest BCUT2D eigenvalue weighted by Gasteiger charge is 2.40. The number of esters is 2. The molecule has 4 aromatic carbocycles. The first-order valence-electron chi connectivity index (χ1n) is 31.2. The quantitative estimate of drug-likeness (QED) is 0.0994. The van der Waals surface area contributed by atoms with Crippen LogP contribution in [0.1, 0.15) is 256 Å². The molecule has 1 N–H and O–H groups in total. The summed E-state index contributed by atoms with van der Waals surface area (Å²) in [6.07, 6.45) is 10.1. The zero-order valence-electron chi connectivity index (χ0n) is 57.0. The summed E-state index contributed by atoms with van der Waals surface area (Å²) in [5.41, 5.74) is 11.3. The zero-order valence-corrected chi connectivity index (χ0v) is 62.3. The number of alkyl halides is 3. The van der Waals surface area contributed by atoms with E-state index in [1.165, 1.54) is 72.6 Å². The molecular formula is C76H95Cl7O9. The van der Waals surface area contributed by atoms with Crippen LogP contribution in [0.5, 0.6) is 0 Å². The van der Waals surface area contributed by atoms with Crippen molar-refractivity contribution in [2.45, 2.75) is 223 Å². The standard InChI is InChI=1S/C21H25ClO3.C20H23ClO3.C14H19Cl.C8H16Cl2.C7H7ClO3.C6H5Cl/c1-20(2)8-9-21(3,4)16-12-17(22)13(11-15(16)20)10-14-6-7-18(25-14)19(23)24-5;1-19(2)7-8-20(3,4)15-11-16(21)12(10-14(15)19)9-13-5-6-17(24-13)18(22)23;1-13(2)7-8-14(3,4)12-9-10(15)5-6-11(12)13;1-7(2,9)5-6-8(3,4)10;1-10-7(9)6-3-2-5(4-8)11-6;7-6-4-2-1-3-5-6/h6-7,11-12H,8-10H2,1-5H3;5-6,10-11H,7-9H2,1-4H3,(H,22,23);5-6,9H,7-8H2,1-4H3;5-6H2,1-4H3;2-3H,4H2,1H3;1-5H. The number of rotatable bonds is 11. The molecule has 7 aromatic rings. The number of furan rings is 3. The summed E-state index contributed by atoms with van der Waals surface area (Å²) in [4.78, 5) is 33.1. The van der Waals surface area contributed by atoms with Crippen molar-refractivity contribution in [3.05, 3.63) is 208 Å². The number of halogens is 7. The lowest BCUT2D eigenvalue weighted by atomic mass is 9.63. The molecule has 0 radical (unpaired) electrons. The summed E-state index contributed by atoms with van der Waals surface area (Å²) in [5, 5.41) is 12.1. The summed E-state index contributed by atoms with van der Waals surface area (Å²) in [6, 6.07) is 34.2. The first-order valence-corrected chi connectivity index (χ1v) is 34.0. The van der Waals surface area contributed by atoms with Gasteiger partial charge < -0.3 is 27.8 Å². The largest absolute Gasteiger partial charge is 0.475 e. The molecule has 0 aliphatic heterocycles. The van der Waals surface area contributed by atoms with E-state index >= 15 is 0 Å². The highest BCUT2D eigenvalue weighted by molar-refractivity contribution is 6.32. The van der Waals surface area contributed by atoms with E-state index in [1.54, 1.807) is 24.3 Å². The van der Waals surface area contributed by atoms with Crippen LogP contribution in [-0.4, -0.2) is 47.0 Å². The number of methoxy groups -OCH3 is 2. The SMILES string of the molecule is CC(C)(Cl)CCC(C)(C)Cl.CC1(C)CCC(C)(C)c2cc(Cc3ccc(C(=O)O)o3)c(Cl)cc21.CC1(C)CCC(C)(C)c2cc(Cl)ccc21.COC(=O)c1ccc(CCl)o1.COC(=O)c1ccc(Cc2cc3c(cc2Cl)C(C)(C)CCC3(C)C)o1.Clc1ccccc1. The molecule has 3 heterocycles. The number of hydrogen-bond acceptors (Lipinski definition) is 8. The first kappa shape index (κ1) is 77.9. The molecule has 0 atom stereocenters. The van der Waals surface area contributed by atoms with Gasteiger partial charge in [0.05, 0.1) is 20.1 Å². The highest BCUT2D eigenvalue weighted by Crippen LogP contribution is 2.50. The topological polar surface area (TPSA) is 129 Å². The van der Waals surface area contributed by atoms with Crippen LogP contribution in [0.2, 0.25) is 20.1 Å². The van der Waals surface area contributed by atoms with Gasteiger partial charge in [0, 0.05) is 42.7 Å². The second kappa shape index (κ2) is 31.8. The number of benzene rings is 4. The summed E-state index contributed by atoms with van der Waals surface area (Å²) in [7, 11) is 2.64. The predicted molar refractivity (Wildman–Crippen MR) is 382 cm³/mol. The lowest BCUT2D eigenvalue weighted by Crippen LogP contribution is -2.34. The minimum absolute atomic E-state index is 0.0412. The van der Waals surface area contributed by atoms with E-state index in [0.29, 0.717) is 40.6 Å². The van der Waals surface area contributed by atoms with Gasteiger partial charge in [-0.3, -0.25) is 0 Å². The average Bonchev–Trinajstić information content (AvgIpc) is 0.912. The lowest BCUT2D eigenvalue weighted by Gasteiger charge is -2.42. The smallest absolute Gasteiger partial charge is 0.373 e. The fourth-order valence-electron chi connectivity index (χ4n) is 11.4. The molecule has 0 saturated heterocycles. The third-order valence-electron chi connectivity index (χ3n) is 17.7. The van der Waals surface area contributed by atoms with Gasteiger partial charge in [0.2, 0.25) is 17.3 Å². The van der Waals surface area contributed by atoms with Crippen LogP contribution >= 0.6 is 81.2 Å². The monoisotopic (exact) mass is 1400 g/mol. The van der Waals surface area contributed by atoms with Crippen molar-refractivity contribution in [3.63, 3.8) is 0 Å². The molecule has 0 amide bonds. The number of ether oxygens (including phenoxy) is 2. The minimum Gasteiger partial charge on any atom is -0.475 e. The Morgan fingerprint density at radius 1 is 0.435 bits per heavy atom. The molecular weight excluding hydrogens is 1300 g/mol. The van der Waals surface area contributed by atoms with E-state index in [1.807, 2.05) is 64.1 Å². The number of carbonyl (C=O) groups is 3. The van der Waals surface area contributed by atoms with Gasteiger partial charge in [0.1, 0.15) is 17.3 Å². The average molecular weight is 1400 g/mol. The lowest BCUT2D eigenvalue weighted by molar-refractivity contribution is 0.0555. The second-order valence-electron chi connectivity index (χ2n) is 29.3. The zero-order chi connectivity index (χ0) is 69.2. The molecule has 3 aliphatic carbocycles. The molecule has 16 heteroatoms. The van der Waals surface area contributed by atoms with Crippen molar-refractivity contribution in [1.29, 1.82) is 0 Å². The van der Waals surface area contributed by atoms with Crippen LogP contribution in [0.3, 0.4) is 0 Å². The molecule has 9 nitrogen and oxygen atoms in total. The number of fused-ring (bicyclic) bond motifs is 3. The van der Waals surface area contributed by atoms with Crippen molar-refractivity contribution in [2.24, 2.45) is 0 Å². The maximum atomic E-state index is 11.6. The Labute approximate surface area is 582 Å². The summed E-state index contributed by atoms with van der Waals surface area (Å²) in [6.45, 7) is 35.6. The highest BCUT2D eigenvalue weighted by atomic mass is 35.5. The molecule has 0 spiro atoms. The van der Waals surface area contributed by atoms with Crippen molar-refractivity contribution < 1.29 is 42.2 Å². The number of carbonyl (C=O) groups excluding carboxylic acids is 2. The Balaban J connectivity index is 0.000000211. The third-order valence-corrected chi connectivity index (χ3v) is 19.6. The van der Waals surface area contributed by atoms with E-state index in [2.05, 4.69) is 129 Å². The number of hydrogen-bond donors (Lipinski definition) is 1. The second-order valence-corrected chi connectivity index (χ2v) is 33.3. The van der Waals surface area contributed by atoms with Crippen molar-refractivity contribution >= 4 is 99.1 Å². The Kier molecular flexibility index (Phi) is 26.9. The summed E-state index contributed by atoms with van der Waals surface area (Å²) < 4.78 is 25.1. The maximum Gasteiger partial charge on any atom is 0.373 e. The van der Waals surface area contributed by atoms with Gasteiger partial charge in [-0.1, -0.05) is 166 Å². The van der Waals surface area contributed by atoms with Crippen LogP contribution in [0.4, 0.5) is 0 Å². The fourth-order valence-corrected chi connectivity index (χ4v) is 12.5. The van der Waals surface area contributed by atoms with Crippen molar-refractivity contribution in [3.8, 4) is 0 Å². The Morgan fingerprint density at radius 3 is 1.08 bits per heavy atom. The number of carboxylic acid groups (broad SMARTS) is 1. The van der Waals surface area contributed by atoms with E-state index in [-0.39, 0.29) is 60.0 Å². The molecule has 0 fully saturated rings. The Morgan fingerprint density at radius 2 is 0.761 bits per heavy atom. The minimum atomic E-state index is -1.05. The molecule has 502 valence electrons. The third kappa shape index (κ3) is 22.1. The van der Waals surface area contributed by atoms with Gasteiger partial charge in [-0.25, -0.2) is 14.4 Å².